The highest BCUT2D eigenvalue weighted by Gasteiger charge is 2.03. The van der Waals surface area contributed by atoms with Gasteiger partial charge in [0.05, 0.1) is 0 Å². The molecule has 0 bridgehead atoms. The van der Waals surface area contributed by atoms with Crippen molar-refractivity contribution in [1.29, 1.82) is 0 Å². The van der Waals surface area contributed by atoms with Crippen LogP contribution in [0.5, 0.6) is 0 Å². The summed E-state index contributed by atoms with van der Waals surface area (Å²) in [7, 11) is 4.11. The average Bonchev–Trinajstić information content (AvgIpc) is 2.36. The molecule has 0 aliphatic carbocycles. The normalized spacial score (nSPS) is 10.3. The molecule has 2 aromatic rings. The second kappa shape index (κ2) is 5.22. The molecule has 3 N–H and O–H groups in total. The molecular weight excluding hydrogens is 234 g/mol. The second-order valence-electron chi connectivity index (χ2n) is 5.09. The van der Waals surface area contributed by atoms with Gasteiger partial charge in [-0.1, -0.05) is 6.07 Å². The number of hydrogen-bond donors (Lipinski definition) is 2. The highest BCUT2D eigenvalue weighted by atomic mass is 15.1. The summed E-state index contributed by atoms with van der Waals surface area (Å²) in [5.74, 6) is 0. The van der Waals surface area contributed by atoms with E-state index in [1.807, 2.05) is 19.1 Å². The second-order valence-corrected chi connectivity index (χ2v) is 5.09. The summed E-state index contributed by atoms with van der Waals surface area (Å²) >= 11 is 0. The minimum atomic E-state index is 0.823. The van der Waals surface area contributed by atoms with Gasteiger partial charge in [0.25, 0.3) is 0 Å². The van der Waals surface area contributed by atoms with Gasteiger partial charge < -0.3 is 16.0 Å². The zero-order chi connectivity index (χ0) is 14.0. The van der Waals surface area contributed by atoms with Crippen molar-refractivity contribution >= 4 is 22.7 Å². The molecule has 0 atom stereocenters. The van der Waals surface area contributed by atoms with E-state index in [4.69, 9.17) is 5.73 Å². The number of benzene rings is 2. The highest BCUT2D eigenvalue weighted by molar-refractivity contribution is 5.69. The van der Waals surface area contributed by atoms with Crippen molar-refractivity contribution in [1.82, 2.24) is 0 Å². The maximum Gasteiger partial charge on any atom is 0.0411 e. The maximum absolute atomic E-state index is 5.83. The fourth-order valence-corrected chi connectivity index (χ4v) is 2.09. The Morgan fingerprint density at radius 1 is 0.895 bits per heavy atom. The summed E-state index contributed by atoms with van der Waals surface area (Å²) in [6.07, 6.45) is 0. The molecule has 2 aromatic carbocycles. The molecule has 0 saturated heterocycles. The van der Waals surface area contributed by atoms with Crippen molar-refractivity contribution in [3.05, 3.63) is 47.5 Å². The van der Waals surface area contributed by atoms with Crippen LogP contribution < -0.4 is 16.0 Å². The Bertz CT molecular complexity index is 589. The van der Waals surface area contributed by atoms with Crippen LogP contribution in [0.2, 0.25) is 0 Å². The molecule has 3 nitrogen and oxygen atoms in total. The summed E-state index contributed by atoms with van der Waals surface area (Å²) < 4.78 is 0. The number of nitrogens with zero attached hydrogens (tertiary/aromatic N) is 1. The van der Waals surface area contributed by atoms with E-state index in [0.29, 0.717) is 0 Å². The van der Waals surface area contributed by atoms with E-state index in [2.05, 4.69) is 55.5 Å². The maximum atomic E-state index is 5.83. The molecule has 0 aliphatic heterocycles. The summed E-state index contributed by atoms with van der Waals surface area (Å²) in [5, 5.41) is 3.41. The van der Waals surface area contributed by atoms with Gasteiger partial charge in [-0.25, -0.2) is 0 Å². The molecule has 0 spiro atoms. The zero-order valence-corrected chi connectivity index (χ0v) is 12.0. The minimum absolute atomic E-state index is 0.823. The van der Waals surface area contributed by atoms with Gasteiger partial charge >= 0.3 is 0 Å². The zero-order valence-electron chi connectivity index (χ0n) is 12.0. The number of nitrogens with two attached hydrogens (primary N) is 1. The van der Waals surface area contributed by atoms with E-state index in [0.717, 1.165) is 22.6 Å². The molecular formula is C16H21N3. The number of rotatable bonds is 3. The van der Waals surface area contributed by atoms with Crippen LogP contribution in [-0.2, 0) is 0 Å². The van der Waals surface area contributed by atoms with E-state index >= 15 is 0 Å². The first-order chi connectivity index (χ1) is 8.97. The SMILES string of the molecule is Cc1cc(Nc2ccc(C)c(N(C)C)c2)ccc1N. The van der Waals surface area contributed by atoms with E-state index in [1.165, 1.54) is 11.3 Å². The third-order valence-corrected chi connectivity index (χ3v) is 3.25. The van der Waals surface area contributed by atoms with Crippen molar-refractivity contribution in [2.45, 2.75) is 13.8 Å². The Balaban J connectivity index is 2.28. The third kappa shape index (κ3) is 2.99. The quantitative estimate of drug-likeness (QED) is 0.822. The van der Waals surface area contributed by atoms with Gasteiger partial charge in [0.2, 0.25) is 0 Å². The van der Waals surface area contributed by atoms with Crippen molar-refractivity contribution in [2.24, 2.45) is 0 Å². The smallest absolute Gasteiger partial charge is 0.0411 e. The van der Waals surface area contributed by atoms with Crippen LogP contribution in [0.1, 0.15) is 11.1 Å². The van der Waals surface area contributed by atoms with Crippen LogP contribution in [0.25, 0.3) is 0 Å². The molecule has 0 heterocycles. The van der Waals surface area contributed by atoms with E-state index in [9.17, 15) is 0 Å². The van der Waals surface area contributed by atoms with E-state index < -0.39 is 0 Å². The van der Waals surface area contributed by atoms with E-state index in [-0.39, 0.29) is 0 Å². The number of nitrogen functional groups attached to an aromatic ring is 1. The third-order valence-electron chi connectivity index (χ3n) is 3.25. The van der Waals surface area contributed by atoms with Crippen molar-refractivity contribution < 1.29 is 0 Å². The van der Waals surface area contributed by atoms with Gasteiger partial charge in [0, 0.05) is 36.8 Å². The van der Waals surface area contributed by atoms with Crippen LogP contribution in [0.15, 0.2) is 36.4 Å². The Hall–Kier alpha value is -2.16. The summed E-state index contributed by atoms with van der Waals surface area (Å²) in [6, 6.07) is 12.4. The van der Waals surface area contributed by atoms with Gasteiger partial charge in [0.15, 0.2) is 0 Å². The Kier molecular flexibility index (Phi) is 3.65. The summed E-state index contributed by atoms with van der Waals surface area (Å²) in [4.78, 5) is 2.12. The average molecular weight is 255 g/mol. The topological polar surface area (TPSA) is 41.3 Å². The molecule has 0 saturated carbocycles. The van der Waals surface area contributed by atoms with Crippen molar-refractivity contribution in [2.75, 3.05) is 30.0 Å². The van der Waals surface area contributed by atoms with Crippen LogP contribution in [0.3, 0.4) is 0 Å². The first-order valence-corrected chi connectivity index (χ1v) is 6.38. The molecule has 0 unspecified atom stereocenters. The standard InChI is InChI=1S/C16H21N3/c1-11-5-6-14(10-16(11)19(3)4)18-13-7-8-15(17)12(2)9-13/h5-10,18H,17H2,1-4H3. The van der Waals surface area contributed by atoms with Crippen molar-refractivity contribution in [3.8, 4) is 0 Å². The summed E-state index contributed by atoms with van der Waals surface area (Å²) in [5.41, 5.74) is 12.4. The highest BCUT2D eigenvalue weighted by Crippen LogP contribution is 2.26. The molecule has 100 valence electrons. The Labute approximate surface area is 115 Å². The molecule has 0 radical (unpaired) electrons. The lowest BCUT2D eigenvalue weighted by Gasteiger charge is -2.17. The molecule has 19 heavy (non-hydrogen) atoms. The van der Waals surface area contributed by atoms with Gasteiger partial charge in [-0.15, -0.1) is 0 Å². The lowest BCUT2D eigenvalue weighted by molar-refractivity contribution is 1.11. The molecule has 0 amide bonds. The van der Waals surface area contributed by atoms with Gasteiger partial charge in [-0.2, -0.15) is 0 Å². The molecule has 2 rings (SSSR count). The molecule has 0 aromatic heterocycles. The fraction of sp³-hybridized carbons (Fsp3) is 0.250. The van der Waals surface area contributed by atoms with Crippen molar-refractivity contribution in [3.63, 3.8) is 0 Å². The fourth-order valence-electron chi connectivity index (χ4n) is 2.09. The van der Waals surface area contributed by atoms with Crippen LogP contribution in [0, 0.1) is 13.8 Å². The lowest BCUT2D eigenvalue weighted by Crippen LogP contribution is -2.10. The first kappa shape index (κ1) is 13.3. The number of nitrogens with one attached hydrogen (secondary N) is 1. The predicted octanol–water partition coefficient (Wildman–Crippen LogP) is 3.70. The predicted molar refractivity (Wildman–Crippen MR) is 84.4 cm³/mol. The van der Waals surface area contributed by atoms with Crippen LogP contribution >= 0.6 is 0 Å². The first-order valence-electron chi connectivity index (χ1n) is 6.38. The molecule has 3 heteroatoms. The molecule has 0 fully saturated rings. The molecule has 0 aliphatic rings. The van der Waals surface area contributed by atoms with E-state index in [1.54, 1.807) is 0 Å². The largest absolute Gasteiger partial charge is 0.399 e. The monoisotopic (exact) mass is 255 g/mol. The van der Waals surface area contributed by atoms with Crippen LogP contribution in [-0.4, -0.2) is 14.1 Å². The lowest BCUT2D eigenvalue weighted by atomic mass is 10.1. The van der Waals surface area contributed by atoms with Crippen LogP contribution in [0.4, 0.5) is 22.7 Å². The summed E-state index contributed by atoms with van der Waals surface area (Å²) in [6.45, 7) is 4.13. The Morgan fingerprint density at radius 3 is 2.16 bits per heavy atom. The number of aryl methyl sites for hydroxylation is 2. The van der Waals surface area contributed by atoms with Gasteiger partial charge in [0.1, 0.15) is 0 Å². The van der Waals surface area contributed by atoms with Gasteiger partial charge in [-0.05, 0) is 55.3 Å². The Morgan fingerprint density at radius 2 is 1.53 bits per heavy atom. The minimum Gasteiger partial charge on any atom is -0.399 e. The number of hydrogen-bond acceptors (Lipinski definition) is 3. The number of anilines is 4. The van der Waals surface area contributed by atoms with Gasteiger partial charge in [-0.3, -0.25) is 0 Å².